The van der Waals surface area contributed by atoms with Crippen LogP contribution in [0.25, 0.3) is 0 Å². The normalized spacial score (nSPS) is 10.3. The van der Waals surface area contributed by atoms with E-state index in [1.807, 2.05) is 30.3 Å². The largest absolute Gasteiger partial charge is 0.341 e. The Hall–Kier alpha value is -1.39. The summed E-state index contributed by atoms with van der Waals surface area (Å²) >= 11 is 9.27. The highest BCUT2D eigenvalue weighted by Gasteiger charge is 2.16. The van der Waals surface area contributed by atoms with E-state index in [-0.39, 0.29) is 11.1 Å². The topological polar surface area (TPSA) is 33.2 Å². The maximum absolute atomic E-state index is 12.3. The number of amides is 1. The predicted molar refractivity (Wildman–Crippen MR) is 84.1 cm³/mol. The van der Waals surface area contributed by atoms with Crippen molar-refractivity contribution in [1.82, 2.24) is 9.88 Å². The Morgan fingerprint density at radius 3 is 2.75 bits per heavy atom. The standard InChI is InChI=1S/C15H14BrClN2O/c1-19(8-7-11-5-3-2-4-6-11)15(20)13-9-12(16)10-18-14(13)17/h2-6,9-10H,7-8H2,1H3. The van der Waals surface area contributed by atoms with Gasteiger partial charge in [-0.2, -0.15) is 0 Å². The molecule has 0 aliphatic rings. The third-order valence-electron chi connectivity index (χ3n) is 2.96. The van der Waals surface area contributed by atoms with Crippen molar-refractivity contribution in [3.63, 3.8) is 0 Å². The lowest BCUT2D eigenvalue weighted by Crippen LogP contribution is -2.29. The van der Waals surface area contributed by atoms with Gasteiger partial charge in [0.05, 0.1) is 5.56 Å². The average Bonchev–Trinajstić information content (AvgIpc) is 2.47. The van der Waals surface area contributed by atoms with E-state index in [1.165, 1.54) is 5.56 Å². The monoisotopic (exact) mass is 352 g/mol. The average molecular weight is 354 g/mol. The van der Waals surface area contributed by atoms with E-state index in [0.29, 0.717) is 12.1 Å². The van der Waals surface area contributed by atoms with E-state index in [1.54, 1.807) is 24.2 Å². The molecule has 5 heteroatoms. The summed E-state index contributed by atoms with van der Waals surface area (Å²) in [6, 6.07) is 11.7. The van der Waals surface area contributed by atoms with Crippen LogP contribution < -0.4 is 0 Å². The predicted octanol–water partition coefficient (Wildman–Crippen LogP) is 3.81. The van der Waals surface area contributed by atoms with Crippen LogP contribution in [0.5, 0.6) is 0 Å². The quantitative estimate of drug-likeness (QED) is 0.783. The fourth-order valence-electron chi connectivity index (χ4n) is 1.82. The van der Waals surface area contributed by atoms with Crippen molar-refractivity contribution in [3.8, 4) is 0 Å². The molecule has 2 aromatic rings. The van der Waals surface area contributed by atoms with Crippen LogP contribution in [-0.4, -0.2) is 29.4 Å². The fourth-order valence-corrected chi connectivity index (χ4v) is 2.34. The number of carbonyl (C=O) groups is 1. The van der Waals surface area contributed by atoms with E-state index < -0.39 is 0 Å². The molecule has 0 saturated heterocycles. The summed E-state index contributed by atoms with van der Waals surface area (Å²) in [4.78, 5) is 17.9. The number of nitrogens with zero attached hydrogens (tertiary/aromatic N) is 2. The lowest BCUT2D eigenvalue weighted by Gasteiger charge is -2.17. The Morgan fingerprint density at radius 2 is 2.05 bits per heavy atom. The summed E-state index contributed by atoms with van der Waals surface area (Å²) in [7, 11) is 1.77. The van der Waals surface area contributed by atoms with Gasteiger partial charge in [0.25, 0.3) is 5.91 Å². The van der Waals surface area contributed by atoms with Crippen LogP contribution in [0.3, 0.4) is 0 Å². The second-order valence-corrected chi connectivity index (χ2v) is 5.73. The molecule has 1 aromatic carbocycles. The van der Waals surface area contributed by atoms with E-state index in [9.17, 15) is 4.79 Å². The molecule has 0 unspecified atom stereocenters. The second kappa shape index (κ2) is 6.86. The van der Waals surface area contributed by atoms with Crippen molar-refractivity contribution in [3.05, 3.63) is 63.3 Å². The number of likely N-dealkylation sites (N-methyl/N-ethyl adjacent to an activating group) is 1. The number of hydrogen-bond donors (Lipinski definition) is 0. The minimum Gasteiger partial charge on any atom is -0.341 e. The number of carbonyl (C=O) groups excluding carboxylic acids is 1. The van der Waals surface area contributed by atoms with E-state index in [2.05, 4.69) is 20.9 Å². The number of hydrogen-bond acceptors (Lipinski definition) is 2. The lowest BCUT2D eigenvalue weighted by molar-refractivity contribution is 0.0796. The zero-order valence-electron chi connectivity index (χ0n) is 11.0. The van der Waals surface area contributed by atoms with Crippen molar-refractivity contribution >= 4 is 33.4 Å². The highest BCUT2D eigenvalue weighted by molar-refractivity contribution is 9.10. The minimum absolute atomic E-state index is 0.125. The van der Waals surface area contributed by atoms with Crippen LogP contribution >= 0.6 is 27.5 Å². The van der Waals surface area contributed by atoms with Gasteiger partial charge in [0, 0.05) is 24.3 Å². The van der Waals surface area contributed by atoms with Crippen LogP contribution in [0.4, 0.5) is 0 Å². The van der Waals surface area contributed by atoms with Gasteiger partial charge in [-0.1, -0.05) is 41.9 Å². The zero-order valence-corrected chi connectivity index (χ0v) is 13.4. The first-order valence-electron chi connectivity index (χ1n) is 6.18. The van der Waals surface area contributed by atoms with E-state index in [4.69, 9.17) is 11.6 Å². The van der Waals surface area contributed by atoms with Crippen LogP contribution in [-0.2, 0) is 6.42 Å². The summed E-state index contributed by atoms with van der Waals surface area (Å²) in [5.41, 5.74) is 1.61. The summed E-state index contributed by atoms with van der Waals surface area (Å²) < 4.78 is 0.738. The molecule has 0 N–H and O–H groups in total. The van der Waals surface area contributed by atoms with Crippen LogP contribution in [0.15, 0.2) is 47.1 Å². The summed E-state index contributed by atoms with van der Waals surface area (Å²) in [5.74, 6) is -0.125. The molecule has 1 aromatic heterocycles. The lowest BCUT2D eigenvalue weighted by atomic mass is 10.1. The minimum atomic E-state index is -0.125. The molecule has 0 aliphatic heterocycles. The van der Waals surface area contributed by atoms with Crippen molar-refractivity contribution in [1.29, 1.82) is 0 Å². The highest BCUT2D eigenvalue weighted by atomic mass is 79.9. The second-order valence-electron chi connectivity index (χ2n) is 4.45. The van der Waals surface area contributed by atoms with Crippen LogP contribution in [0, 0.1) is 0 Å². The summed E-state index contributed by atoms with van der Waals surface area (Å²) in [5, 5.41) is 0.227. The molecule has 2 rings (SSSR count). The van der Waals surface area contributed by atoms with Crippen molar-refractivity contribution < 1.29 is 4.79 Å². The SMILES string of the molecule is CN(CCc1ccccc1)C(=O)c1cc(Br)cnc1Cl. The Kier molecular flexibility index (Phi) is 5.15. The summed E-state index contributed by atoms with van der Waals surface area (Å²) in [6.07, 6.45) is 2.38. The molecule has 0 saturated carbocycles. The molecule has 3 nitrogen and oxygen atoms in total. The van der Waals surface area contributed by atoms with Gasteiger partial charge in [-0.05, 0) is 34.0 Å². The van der Waals surface area contributed by atoms with Gasteiger partial charge in [0.2, 0.25) is 0 Å². The Labute approximate surface area is 131 Å². The smallest absolute Gasteiger partial charge is 0.256 e. The zero-order chi connectivity index (χ0) is 14.5. The number of benzene rings is 1. The molecule has 20 heavy (non-hydrogen) atoms. The molecular weight excluding hydrogens is 340 g/mol. The molecule has 1 amide bonds. The van der Waals surface area contributed by atoms with Gasteiger partial charge in [0.1, 0.15) is 5.15 Å². The van der Waals surface area contributed by atoms with E-state index in [0.717, 1.165) is 10.9 Å². The first-order chi connectivity index (χ1) is 9.58. The Balaban J connectivity index is 2.03. The Morgan fingerprint density at radius 1 is 1.35 bits per heavy atom. The van der Waals surface area contributed by atoms with Gasteiger partial charge in [0.15, 0.2) is 0 Å². The molecule has 104 valence electrons. The van der Waals surface area contributed by atoms with Gasteiger partial charge in [-0.3, -0.25) is 4.79 Å². The molecule has 0 radical (unpaired) electrons. The first-order valence-corrected chi connectivity index (χ1v) is 7.35. The third kappa shape index (κ3) is 3.81. The molecule has 1 heterocycles. The fraction of sp³-hybridized carbons (Fsp3) is 0.200. The first kappa shape index (κ1) is 15.0. The maximum Gasteiger partial charge on any atom is 0.256 e. The maximum atomic E-state index is 12.3. The van der Waals surface area contributed by atoms with Crippen molar-refractivity contribution in [2.45, 2.75) is 6.42 Å². The molecule has 0 fully saturated rings. The van der Waals surface area contributed by atoms with Gasteiger partial charge in [-0.15, -0.1) is 0 Å². The molecule has 0 atom stereocenters. The summed E-state index contributed by atoms with van der Waals surface area (Å²) in [6.45, 7) is 0.631. The number of pyridine rings is 1. The molecule has 0 bridgehead atoms. The molecule has 0 spiro atoms. The van der Waals surface area contributed by atoms with Gasteiger partial charge >= 0.3 is 0 Å². The van der Waals surface area contributed by atoms with E-state index >= 15 is 0 Å². The van der Waals surface area contributed by atoms with Crippen LogP contribution in [0.2, 0.25) is 5.15 Å². The van der Waals surface area contributed by atoms with Crippen molar-refractivity contribution in [2.75, 3.05) is 13.6 Å². The van der Waals surface area contributed by atoms with Gasteiger partial charge in [-0.25, -0.2) is 4.98 Å². The Bertz CT molecular complexity index is 604. The third-order valence-corrected chi connectivity index (χ3v) is 3.70. The number of rotatable bonds is 4. The number of aromatic nitrogens is 1. The number of halogens is 2. The molecule has 0 aliphatic carbocycles. The molecular formula is C15H14BrClN2O. The van der Waals surface area contributed by atoms with Crippen LogP contribution in [0.1, 0.15) is 15.9 Å². The van der Waals surface area contributed by atoms with Crippen molar-refractivity contribution in [2.24, 2.45) is 0 Å². The highest BCUT2D eigenvalue weighted by Crippen LogP contribution is 2.19. The van der Waals surface area contributed by atoms with Gasteiger partial charge < -0.3 is 4.90 Å².